The molecule has 0 radical (unpaired) electrons. The van der Waals surface area contributed by atoms with Crippen LogP contribution in [-0.2, 0) is 6.54 Å². The molecule has 200 valence electrons. The minimum atomic E-state index is -0.378. The van der Waals surface area contributed by atoms with E-state index in [4.69, 9.17) is 9.47 Å². The van der Waals surface area contributed by atoms with Crippen molar-refractivity contribution in [3.63, 3.8) is 0 Å². The molecular weight excluding hydrogens is 561 g/mol. The number of rotatable bonds is 5. The van der Waals surface area contributed by atoms with Crippen LogP contribution in [0.3, 0.4) is 0 Å². The minimum Gasteiger partial charge on any atom is -0.494 e. The fourth-order valence-corrected chi connectivity index (χ4v) is 6.12. The van der Waals surface area contributed by atoms with Gasteiger partial charge in [-0.2, -0.15) is 0 Å². The fourth-order valence-electron chi connectivity index (χ4n) is 5.05. The highest BCUT2D eigenvalue weighted by atomic mass is 35.5. The van der Waals surface area contributed by atoms with Crippen LogP contribution >= 0.6 is 48.6 Å². The topological polar surface area (TPSA) is 92.7 Å². The average Bonchev–Trinajstić information content (AvgIpc) is 3.24. The monoisotopic (exact) mass is 587 g/mol. The maximum atomic E-state index is 13.0. The summed E-state index contributed by atoms with van der Waals surface area (Å²) in [5.74, 6) is 1.70. The first-order valence-electron chi connectivity index (χ1n) is 11.4. The molecule has 37 heavy (non-hydrogen) atoms. The van der Waals surface area contributed by atoms with Crippen molar-refractivity contribution in [2.24, 2.45) is 0 Å². The minimum absolute atomic E-state index is 0. The lowest BCUT2D eigenvalue weighted by Gasteiger charge is -2.46. The first kappa shape index (κ1) is 29.1. The number of hydrogen-bond donors (Lipinski definition) is 1. The maximum absolute atomic E-state index is 13.0. The van der Waals surface area contributed by atoms with E-state index in [1.807, 2.05) is 30.3 Å². The Morgan fingerprint density at radius 1 is 1.14 bits per heavy atom. The molecule has 13 heteroatoms. The third-order valence-electron chi connectivity index (χ3n) is 6.69. The number of para-hydroxylation sites is 1. The van der Waals surface area contributed by atoms with Gasteiger partial charge in [0.05, 0.1) is 23.4 Å². The van der Waals surface area contributed by atoms with Gasteiger partial charge in [-0.15, -0.1) is 48.6 Å². The molecule has 5 heterocycles. The van der Waals surface area contributed by atoms with Crippen molar-refractivity contribution in [2.75, 3.05) is 44.8 Å². The molecule has 1 N–H and O–H groups in total. The van der Waals surface area contributed by atoms with Crippen LogP contribution < -0.4 is 25.6 Å². The van der Waals surface area contributed by atoms with E-state index in [1.54, 1.807) is 13.3 Å². The quantitative estimate of drug-likeness (QED) is 0.381. The van der Waals surface area contributed by atoms with E-state index in [2.05, 4.69) is 19.8 Å². The summed E-state index contributed by atoms with van der Waals surface area (Å²) < 4.78 is 14.3. The number of thiophene rings is 1. The number of benzene rings is 1. The van der Waals surface area contributed by atoms with E-state index >= 15 is 0 Å². The van der Waals surface area contributed by atoms with E-state index in [0.717, 1.165) is 48.1 Å². The molecule has 1 saturated heterocycles. The number of aromatic amines is 1. The standard InChI is InChI=1S/C24H25N5O4S.3ClH/c1-32-16-5-2-6-17-21(16)28-12-11-27(13-15(28)14-33-17)9-4-10-29-23(30)22-20(26-24(29)31)19-18(34-22)7-3-8-25-19;;;/h2-3,5-8,15H,4,9-14H2,1H3,(H,26,31);3*1H. The Balaban J connectivity index is 0.00000127. The summed E-state index contributed by atoms with van der Waals surface area (Å²) in [5, 5.41) is 0. The number of nitrogens with zero attached hydrogens (tertiary/aromatic N) is 4. The predicted octanol–water partition coefficient (Wildman–Crippen LogP) is 3.55. The van der Waals surface area contributed by atoms with Gasteiger partial charge in [0.2, 0.25) is 0 Å². The molecule has 3 aromatic heterocycles. The van der Waals surface area contributed by atoms with Gasteiger partial charge in [0, 0.05) is 32.4 Å². The van der Waals surface area contributed by atoms with Crippen molar-refractivity contribution in [1.82, 2.24) is 19.4 Å². The van der Waals surface area contributed by atoms with E-state index in [9.17, 15) is 9.59 Å². The Kier molecular flexibility index (Phi) is 9.36. The summed E-state index contributed by atoms with van der Waals surface area (Å²) in [6.45, 7) is 4.46. The summed E-state index contributed by atoms with van der Waals surface area (Å²) >= 11 is 1.38. The van der Waals surface area contributed by atoms with E-state index < -0.39 is 0 Å². The van der Waals surface area contributed by atoms with E-state index in [0.29, 0.717) is 35.3 Å². The lowest BCUT2D eigenvalue weighted by atomic mass is 10.1. The van der Waals surface area contributed by atoms with Crippen molar-refractivity contribution < 1.29 is 9.47 Å². The maximum Gasteiger partial charge on any atom is 0.328 e. The Hall–Kier alpha value is -2.50. The molecule has 1 unspecified atom stereocenters. The lowest BCUT2D eigenvalue weighted by Crippen LogP contribution is -2.57. The van der Waals surface area contributed by atoms with Crippen molar-refractivity contribution >= 4 is 74.7 Å². The van der Waals surface area contributed by atoms with Gasteiger partial charge in [0.25, 0.3) is 5.56 Å². The highest BCUT2D eigenvalue weighted by Crippen LogP contribution is 2.42. The van der Waals surface area contributed by atoms with Gasteiger partial charge < -0.3 is 19.4 Å². The molecule has 0 amide bonds. The Morgan fingerprint density at radius 3 is 2.78 bits per heavy atom. The number of nitrogens with one attached hydrogen (secondary N) is 1. The Labute approximate surface area is 235 Å². The Bertz CT molecular complexity index is 1490. The van der Waals surface area contributed by atoms with Crippen LogP contribution in [0.1, 0.15) is 6.42 Å². The van der Waals surface area contributed by atoms with Crippen LogP contribution in [0.15, 0.2) is 46.1 Å². The number of halogens is 3. The second kappa shape index (κ2) is 11.9. The molecule has 0 spiro atoms. The summed E-state index contributed by atoms with van der Waals surface area (Å²) in [7, 11) is 1.69. The van der Waals surface area contributed by atoms with Crippen LogP contribution in [0.25, 0.3) is 20.4 Å². The van der Waals surface area contributed by atoms with E-state index in [1.165, 1.54) is 15.9 Å². The molecule has 4 aromatic rings. The zero-order valence-electron chi connectivity index (χ0n) is 20.0. The average molecular weight is 589 g/mol. The number of fused-ring (bicyclic) bond motifs is 6. The smallest absolute Gasteiger partial charge is 0.328 e. The summed E-state index contributed by atoms with van der Waals surface area (Å²) in [5.41, 5.74) is 1.63. The Morgan fingerprint density at radius 2 is 1.97 bits per heavy atom. The van der Waals surface area contributed by atoms with Crippen molar-refractivity contribution in [2.45, 2.75) is 19.0 Å². The van der Waals surface area contributed by atoms with Crippen LogP contribution in [-0.4, -0.2) is 65.4 Å². The summed E-state index contributed by atoms with van der Waals surface area (Å²) in [6.07, 6.45) is 2.38. The van der Waals surface area contributed by atoms with Crippen molar-refractivity contribution in [1.29, 1.82) is 0 Å². The molecule has 1 aromatic carbocycles. The van der Waals surface area contributed by atoms with Gasteiger partial charge in [-0.25, -0.2) is 4.79 Å². The largest absolute Gasteiger partial charge is 0.494 e. The third-order valence-corrected chi connectivity index (χ3v) is 7.82. The first-order valence-corrected chi connectivity index (χ1v) is 12.2. The number of ether oxygens (including phenoxy) is 2. The SMILES string of the molecule is COc1cccc2c1N1CCN(CCCn3c(=O)[nH]c4c(sc5cccnc54)c3=O)CC1CO2.Cl.Cl.Cl. The number of pyridine rings is 1. The van der Waals surface area contributed by atoms with Crippen molar-refractivity contribution in [3.8, 4) is 11.5 Å². The zero-order valence-corrected chi connectivity index (χ0v) is 23.3. The van der Waals surface area contributed by atoms with Gasteiger partial charge in [-0.05, 0) is 37.2 Å². The number of methoxy groups -OCH3 is 1. The third kappa shape index (κ3) is 5.13. The molecule has 9 nitrogen and oxygen atoms in total. The second-order valence-electron chi connectivity index (χ2n) is 8.66. The predicted molar refractivity (Wildman–Crippen MR) is 154 cm³/mol. The second-order valence-corrected chi connectivity index (χ2v) is 9.71. The first-order chi connectivity index (χ1) is 16.6. The normalized spacial score (nSPS) is 16.6. The molecule has 1 fully saturated rings. The molecule has 2 aliphatic rings. The molecule has 0 saturated carbocycles. The number of aromatic nitrogens is 3. The van der Waals surface area contributed by atoms with Crippen LogP contribution in [0.5, 0.6) is 11.5 Å². The highest BCUT2D eigenvalue weighted by molar-refractivity contribution is 7.25. The lowest BCUT2D eigenvalue weighted by molar-refractivity contribution is 0.163. The molecule has 1 atom stereocenters. The van der Waals surface area contributed by atoms with Gasteiger partial charge in [-0.1, -0.05) is 6.07 Å². The number of hydrogen-bond acceptors (Lipinski definition) is 8. The number of piperazine rings is 1. The van der Waals surface area contributed by atoms with Gasteiger partial charge >= 0.3 is 5.69 Å². The summed E-state index contributed by atoms with van der Waals surface area (Å²) in [6, 6.07) is 9.89. The van der Waals surface area contributed by atoms with Gasteiger partial charge in [-0.3, -0.25) is 19.2 Å². The highest BCUT2D eigenvalue weighted by Gasteiger charge is 2.34. The molecular formula is C24H28Cl3N5O4S. The number of anilines is 1. The molecule has 0 bridgehead atoms. The van der Waals surface area contributed by atoms with E-state index in [-0.39, 0.29) is 54.5 Å². The fraction of sp³-hybridized carbons (Fsp3) is 0.375. The van der Waals surface area contributed by atoms with Crippen LogP contribution in [0.2, 0.25) is 0 Å². The molecule has 6 rings (SSSR count). The number of H-pyrrole nitrogens is 1. The van der Waals surface area contributed by atoms with Crippen LogP contribution in [0, 0.1) is 0 Å². The zero-order chi connectivity index (χ0) is 23.2. The molecule has 2 aliphatic heterocycles. The van der Waals surface area contributed by atoms with Crippen molar-refractivity contribution in [3.05, 3.63) is 57.4 Å². The molecule has 0 aliphatic carbocycles. The summed E-state index contributed by atoms with van der Waals surface area (Å²) in [4.78, 5) is 37.7. The van der Waals surface area contributed by atoms with Gasteiger partial charge in [0.1, 0.15) is 34.0 Å². The van der Waals surface area contributed by atoms with Gasteiger partial charge in [0.15, 0.2) is 0 Å². The van der Waals surface area contributed by atoms with Crippen LogP contribution in [0.4, 0.5) is 5.69 Å².